The summed E-state index contributed by atoms with van der Waals surface area (Å²) >= 11 is 0. The van der Waals surface area contributed by atoms with Crippen LogP contribution in [0.15, 0.2) is 0 Å². The number of carbonyl (C=O) groups is 2. The fourth-order valence-electron chi connectivity index (χ4n) is 1.84. The molecular formula is C12H22N2O5S. The van der Waals surface area contributed by atoms with Crippen molar-refractivity contribution < 1.29 is 23.1 Å². The molecule has 1 heterocycles. The molecule has 0 aromatic carbocycles. The topological polar surface area (TPSA) is 104 Å². The van der Waals surface area contributed by atoms with Crippen LogP contribution in [0.2, 0.25) is 0 Å². The predicted molar refractivity (Wildman–Crippen MR) is 74.3 cm³/mol. The van der Waals surface area contributed by atoms with E-state index in [2.05, 4.69) is 5.32 Å². The van der Waals surface area contributed by atoms with Gasteiger partial charge in [-0.2, -0.15) is 0 Å². The second-order valence-corrected chi connectivity index (χ2v) is 8.88. The number of rotatable bonds is 4. The largest absolute Gasteiger partial charge is 0.481 e. The molecule has 1 unspecified atom stereocenters. The van der Waals surface area contributed by atoms with Crippen molar-refractivity contribution in [2.45, 2.75) is 31.9 Å². The number of likely N-dealkylation sites (tertiary alicyclic amines) is 1. The molecule has 2 N–H and O–H groups in total. The summed E-state index contributed by atoms with van der Waals surface area (Å²) in [5, 5.41) is 11.7. The third-order valence-corrected chi connectivity index (χ3v) is 6.10. The second-order valence-electron chi connectivity index (χ2n) is 6.23. The number of carbonyl (C=O) groups excluding carboxylic acids is 1. The number of carboxylic acid groups (broad SMARTS) is 1. The summed E-state index contributed by atoms with van der Waals surface area (Å²) in [5.74, 6) is -0.927. The van der Waals surface area contributed by atoms with Crippen molar-refractivity contribution in [2.24, 2.45) is 5.41 Å². The minimum Gasteiger partial charge on any atom is -0.481 e. The summed E-state index contributed by atoms with van der Waals surface area (Å²) in [7, 11) is -3.29. The van der Waals surface area contributed by atoms with Gasteiger partial charge in [-0.3, -0.25) is 4.79 Å². The number of urea groups is 1. The van der Waals surface area contributed by atoms with E-state index in [0.29, 0.717) is 13.0 Å². The molecule has 0 saturated carbocycles. The molecule has 8 heteroatoms. The Labute approximate surface area is 119 Å². The number of hydrogen-bond donors (Lipinski definition) is 2. The summed E-state index contributed by atoms with van der Waals surface area (Å²) in [4.78, 5) is 24.5. The molecule has 20 heavy (non-hydrogen) atoms. The number of nitrogens with one attached hydrogen (secondary N) is 1. The average Bonchev–Trinajstić information content (AvgIpc) is 2.69. The van der Waals surface area contributed by atoms with Gasteiger partial charge in [0.15, 0.2) is 9.84 Å². The first-order valence-corrected chi connectivity index (χ1v) is 8.24. The summed E-state index contributed by atoms with van der Waals surface area (Å²) in [6, 6.07) is -0.424. The molecule has 1 saturated heterocycles. The van der Waals surface area contributed by atoms with Crippen LogP contribution < -0.4 is 5.32 Å². The van der Waals surface area contributed by atoms with E-state index < -0.39 is 32.0 Å². The van der Waals surface area contributed by atoms with Crippen LogP contribution in [-0.2, 0) is 14.6 Å². The summed E-state index contributed by atoms with van der Waals surface area (Å²) in [6.45, 7) is 5.15. The van der Waals surface area contributed by atoms with Crippen LogP contribution >= 0.6 is 0 Å². The zero-order valence-corrected chi connectivity index (χ0v) is 13.1. The van der Waals surface area contributed by atoms with E-state index in [1.165, 1.54) is 18.7 Å². The Morgan fingerprint density at radius 2 is 1.95 bits per heavy atom. The van der Waals surface area contributed by atoms with Crippen molar-refractivity contribution in [1.82, 2.24) is 10.2 Å². The van der Waals surface area contributed by atoms with E-state index in [1.54, 1.807) is 6.92 Å². The quantitative estimate of drug-likeness (QED) is 0.778. The van der Waals surface area contributed by atoms with Gasteiger partial charge in [0.25, 0.3) is 0 Å². The van der Waals surface area contributed by atoms with Gasteiger partial charge in [-0.1, -0.05) is 0 Å². The highest BCUT2D eigenvalue weighted by Crippen LogP contribution is 2.30. The molecule has 1 aliphatic rings. The van der Waals surface area contributed by atoms with Gasteiger partial charge in [0.1, 0.15) is 0 Å². The van der Waals surface area contributed by atoms with E-state index in [9.17, 15) is 18.0 Å². The van der Waals surface area contributed by atoms with Gasteiger partial charge >= 0.3 is 12.0 Å². The monoisotopic (exact) mass is 306 g/mol. The SMILES string of the molecule is CC1(C(=O)O)CCN(C(=O)NCC(C)(C)S(C)(=O)=O)C1. The third kappa shape index (κ3) is 3.41. The van der Waals surface area contributed by atoms with Crippen LogP contribution in [0, 0.1) is 5.41 Å². The van der Waals surface area contributed by atoms with Crippen LogP contribution in [0.25, 0.3) is 0 Å². The highest BCUT2D eigenvalue weighted by molar-refractivity contribution is 7.92. The first-order chi connectivity index (χ1) is 8.89. The highest BCUT2D eigenvalue weighted by Gasteiger charge is 2.42. The van der Waals surface area contributed by atoms with Gasteiger partial charge < -0.3 is 15.3 Å². The lowest BCUT2D eigenvalue weighted by Crippen LogP contribution is -2.48. The molecule has 0 aliphatic carbocycles. The maximum absolute atomic E-state index is 12.0. The lowest BCUT2D eigenvalue weighted by atomic mass is 9.90. The van der Waals surface area contributed by atoms with Crippen molar-refractivity contribution in [3.8, 4) is 0 Å². The molecule has 0 radical (unpaired) electrons. The second kappa shape index (κ2) is 5.23. The Balaban J connectivity index is 2.61. The third-order valence-electron chi connectivity index (χ3n) is 3.95. The van der Waals surface area contributed by atoms with Crippen molar-refractivity contribution in [1.29, 1.82) is 0 Å². The number of amides is 2. The van der Waals surface area contributed by atoms with Crippen molar-refractivity contribution in [3.05, 3.63) is 0 Å². The fraction of sp³-hybridized carbons (Fsp3) is 0.833. The fourth-order valence-corrected chi connectivity index (χ4v) is 2.17. The van der Waals surface area contributed by atoms with E-state index in [0.717, 1.165) is 6.26 Å². The molecule has 1 atom stereocenters. The van der Waals surface area contributed by atoms with Gasteiger partial charge in [0.05, 0.1) is 10.2 Å². The van der Waals surface area contributed by atoms with Crippen LogP contribution in [0.1, 0.15) is 27.2 Å². The molecule has 116 valence electrons. The van der Waals surface area contributed by atoms with Crippen LogP contribution in [0.5, 0.6) is 0 Å². The summed E-state index contributed by atoms with van der Waals surface area (Å²) in [5.41, 5.74) is -0.927. The smallest absolute Gasteiger partial charge is 0.317 e. The molecule has 2 amide bonds. The Morgan fingerprint density at radius 1 is 1.40 bits per heavy atom. The number of carboxylic acids is 1. The summed E-state index contributed by atoms with van der Waals surface area (Å²) < 4.78 is 22.0. The number of sulfone groups is 1. The van der Waals surface area contributed by atoms with Crippen molar-refractivity contribution >= 4 is 21.8 Å². The van der Waals surface area contributed by atoms with Crippen molar-refractivity contribution in [2.75, 3.05) is 25.9 Å². The Kier molecular flexibility index (Phi) is 4.38. The minimum absolute atomic E-state index is 0.00898. The zero-order valence-electron chi connectivity index (χ0n) is 12.3. The van der Waals surface area contributed by atoms with Gasteiger partial charge in [-0.25, -0.2) is 13.2 Å². The lowest BCUT2D eigenvalue weighted by Gasteiger charge is -2.25. The van der Waals surface area contributed by atoms with Gasteiger partial charge in [0, 0.05) is 25.9 Å². The Hall–Kier alpha value is -1.31. The molecule has 0 spiro atoms. The molecule has 1 aliphatic heterocycles. The van der Waals surface area contributed by atoms with E-state index in [1.807, 2.05) is 0 Å². The molecular weight excluding hydrogens is 284 g/mol. The number of nitrogens with zero attached hydrogens (tertiary/aromatic N) is 1. The number of hydrogen-bond acceptors (Lipinski definition) is 4. The van der Waals surface area contributed by atoms with Gasteiger partial charge in [0.2, 0.25) is 0 Å². The first-order valence-electron chi connectivity index (χ1n) is 6.35. The maximum Gasteiger partial charge on any atom is 0.317 e. The molecule has 0 bridgehead atoms. The molecule has 0 aromatic heterocycles. The van der Waals surface area contributed by atoms with E-state index in [4.69, 9.17) is 5.11 Å². The average molecular weight is 306 g/mol. The number of aliphatic carboxylic acids is 1. The highest BCUT2D eigenvalue weighted by atomic mass is 32.2. The van der Waals surface area contributed by atoms with Gasteiger partial charge in [-0.15, -0.1) is 0 Å². The standard InChI is InChI=1S/C12H22N2O5S/c1-11(2,20(4,18)19)7-13-10(17)14-6-5-12(3,8-14)9(15)16/h5-8H2,1-4H3,(H,13,17)(H,15,16). The minimum atomic E-state index is -3.29. The van der Waals surface area contributed by atoms with Crippen molar-refractivity contribution in [3.63, 3.8) is 0 Å². The lowest BCUT2D eigenvalue weighted by molar-refractivity contribution is -0.147. The zero-order chi connectivity index (χ0) is 15.8. The molecule has 1 rings (SSSR count). The molecule has 1 fully saturated rings. The van der Waals surface area contributed by atoms with E-state index in [-0.39, 0.29) is 13.1 Å². The first kappa shape index (κ1) is 16.7. The molecule has 7 nitrogen and oxygen atoms in total. The normalized spacial score (nSPS) is 23.7. The Bertz CT molecular complexity index is 514. The van der Waals surface area contributed by atoms with Crippen LogP contribution in [-0.4, -0.2) is 61.1 Å². The maximum atomic E-state index is 12.0. The Morgan fingerprint density at radius 3 is 2.35 bits per heavy atom. The summed E-state index contributed by atoms with van der Waals surface area (Å²) in [6.07, 6.45) is 1.52. The predicted octanol–water partition coefficient (Wildman–Crippen LogP) is 0.316. The van der Waals surface area contributed by atoms with Crippen LogP contribution in [0.3, 0.4) is 0 Å². The van der Waals surface area contributed by atoms with Crippen LogP contribution in [0.4, 0.5) is 4.79 Å². The van der Waals surface area contributed by atoms with E-state index >= 15 is 0 Å². The van der Waals surface area contributed by atoms with Gasteiger partial charge in [-0.05, 0) is 27.2 Å². The molecule has 0 aromatic rings.